The predicted molar refractivity (Wildman–Crippen MR) is 60.2 cm³/mol. The predicted octanol–water partition coefficient (Wildman–Crippen LogP) is 2.17. The highest BCUT2D eigenvalue weighted by molar-refractivity contribution is 5.73. The first-order valence-electron chi connectivity index (χ1n) is 5.31. The fraction of sp³-hybridized carbons (Fsp3) is 0.500. The molecule has 4 heteroatoms. The van der Waals surface area contributed by atoms with E-state index in [1.54, 1.807) is 19.7 Å². The van der Waals surface area contributed by atoms with Gasteiger partial charge in [-0.2, -0.15) is 0 Å². The molecule has 16 heavy (non-hydrogen) atoms. The molecule has 2 aromatic heterocycles. The first-order chi connectivity index (χ1) is 7.51. The van der Waals surface area contributed by atoms with Gasteiger partial charge in [0.1, 0.15) is 0 Å². The molecule has 0 amide bonds. The van der Waals surface area contributed by atoms with Crippen LogP contribution in [0.25, 0.3) is 11.1 Å². The SMILES string of the molecule is COc1nc[n+](CC(C)(C)C)c2ccoc12. The molecule has 0 bridgehead atoms. The topological polar surface area (TPSA) is 39.1 Å². The molecule has 2 rings (SSSR count). The maximum Gasteiger partial charge on any atom is 0.375 e. The third-order valence-corrected chi connectivity index (χ3v) is 2.30. The Balaban J connectivity index is 2.52. The van der Waals surface area contributed by atoms with Gasteiger partial charge in [0.05, 0.1) is 19.9 Å². The Morgan fingerprint density at radius 1 is 1.44 bits per heavy atom. The summed E-state index contributed by atoms with van der Waals surface area (Å²) >= 11 is 0. The van der Waals surface area contributed by atoms with Gasteiger partial charge >= 0.3 is 5.88 Å². The summed E-state index contributed by atoms with van der Waals surface area (Å²) in [5.41, 5.74) is 1.92. The molecule has 0 atom stereocenters. The van der Waals surface area contributed by atoms with Crippen LogP contribution in [0.3, 0.4) is 0 Å². The van der Waals surface area contributed by atoms with Gasteiger partial charge in [0.25, 0.3) is 11.9 Å². The van der Waals surface area contributed by atoms with Gasteiger partial charge in [-0.3, -0.25) is 0 Å². The van der Waals surface area contributed by atoms with E-state index in [1.807, 2.05) is 6.07 Å². The van der Waals surface area contributed by atoms with Crippen LogP contribution in [0.2, 0.25) is 0 Å². The van der Waals surface area contributed by atoms with E-state index in [9.17, 15) is 0 Å². The van der Waals surface area contributed by atoms with Crippen molar-refractivity contribution in [2.45, 2.75) is 27.3 Å². The molecular formula is C12H17N2O2+. The van der Waals surface area contributed by atoms with Crippen molar-refractivity contribution in [2.24, 2.45) is 5.41 Å². The summed E-state index contributed by atoms with van der Waals surface area (Å²) in [5, 5.41) is 0. The fourth-order valence-electron chi connectivity index (χ4n) is 1.71. The van der Waals surface area contributed by atoms with Crippen molar-refractivity contribution < 1.29 is 13.7 Å². The lowest BCUT2D eigenvalue weighted by Gasteiger charge is -2.15. The van der Waals surface area contributed by atoms with Crippen LogP contribution >= 0.6 is 0 Å². The van der Waals surface area contributed by atoms with Gasteiger partial charge < -0.3 is 9.15 Å². The molecule has 0 aliphatic rings. The molecule has 86 valence electrons. The Hall–Kier alpha value is -1.58. The Labute approximate surface area is 94.9 Å². The average molecular weight is 221 g/mol. The van der Waals surface area contributed by atoms with Gasteiger partial charge in [0.2, 0.25) is 0 Å². The fourth-order valence-corrected chi connectivity index (χ4v) is 1.71. The summed E-state index contributed by atoms with van der Waals surface area (Å²) in [6, 6.07) is 1.94. The minimum absolute atomic E-state index is 0.200. The molecule has 0 aromatic carbocycles. The number of ether oxygens (including phenoxy) is 1. The van der Waals surface area contributed by atoms with Gasteiger partial charge in [-0.15, -0.1) is 0 Å². The van der Waals surface area contributed by atoms with Gasteiger partial charge in [-0.1, -0.05) is 20.8 Å². The second-order valence-electron chi connectivity index (χ2n) is 5.08. The zero-order valence-electron chi connectivity index (χ0n) is 10.2. The molecule has 0 N–H and O–H groups in total. The number of furan rings is 1. The van der Waals surface area contributed by atoms with Crippen LogP contribution < -0.4 is 9.30 Å². The van der Waals surface area contributed by atoms with Gasteiger partial charge in [-0.05, 0) is 10.4 Å². The van der Waals surface area contributed by atoms with Crippen molar-refractivity contribution in [2.75, 3.05) is 7.11 Å². The molecule has 0 aliphatic heterocycles. The quantitative estimate of drug-likeness (QED) is 0.729. The second kappa shape index (κ2) is 3.77. The Morgan fingerprint density at radius 3 is 2.81 bits per heavy atom. The maximum absolute atomic E-state index is 5.39. The number of nitrogens with zero attached hydrogens (tertiary/aromatic N) is 2. The third-order valence-electron chi connectivity index (χ3n) is 2.30. The highest BCUT2D eigenvalue weighted by Crippen LogP contribution is 2.22. The summed E-state index contributed by atoms with van der Waals surface area (Å²) in [5.74, 6) is 0.533. The van der Waals surface area contributed by atoms with E-state index in [0.717, 1.165) is 12.1 Å². The molecule has 4 nitrogen and oxygen atoms in total. The number of aromatic nitrogens is 2. The van der Waals surface area contributed by atoms with Crippen molar-refractivity contribution >= 4 is 11.1 Å². The minimum atomic E-state index is 0.200. The van der Waals surface area contributed by atoms with Gasteiger partial charge in [0.15, 0.2) is 5.52 Å². The van der Waals surface area contributed by atoms with Crippen molar-refractivity contribution in [1.29, 1.82) is 0 Å². The normalized spacial score (nSPS) is 12.0. The average Bonchev–Trinajstić information content (AvgIpc) is 2.65. The Kier molecular flexibility index (Phi) is 2.58. The van der Waals surface area contributed by atoms with Crippen molar-refractivity contribution in [3.05, 3.63) is 18.7 Å². The smallest absolute Gasteiger partial charge is 0.375 e. The standard InChI is InChI=1S/C12H17N2O2/c1-12(2,3)7-14-8-13-11(15-4)10-9(14)5-6-16-10/h5-6,8H,7H2,1-4H3/q+1. The van der Waals surface area contributed by atoms with Crippen molar-refractivity contribution in [3.63, 3.8) is 0 Å². The number of methoxy groups -OCH3 is 1. The molecule has 0 spiro atoms. The summed E-state index contributed by atoms with van der Waals surface area (Å²) in [6.07, 6.45) is 3.45. The monoisotopic (exact) mass is 221 g/mol. The summed E-state index contributed by atoms with van der Waals surface area (Å²) in [7, 11) is 1.60. The first-order valence-corrected chi connectivity index (χ1v) is 5.31. The Morgan fingerprint density at radius 2 is 2.19 bits per heavy atom. The zero-order chi connectivity index (χ0) is 11.8. The van der Waals surface area contributed by atoms with Crippen LogP contribution in [0.15, 0.2) is 23.1 Å². The maximum atomic E-state index is 5.39. The van der Waals surface area contributed by atoms with Crippen LogP contribution in [0.1, 0.15) is 20.8 Å². The highest BCUT2D eigenvalue weighted by atomic mass is 16.5. The molecule has 0 unspecified atom stereocenters. The number of rotatable bonds is 2. The largest absolute Gasteiger partial charge is 0.460 e. The number of hydrogen-bond donors (Lipinski definition) is 0. The van der Waals surface area contributed by atoms with Crippen molar-refractivity contribution in [1.82, 2.24) is 4.98 Å². The van der Waals surface area contributed by atoms with Crippen molar-refractivity contribution in [3.8, 4) is 5.88 Å². The lowest BCUT2D eigenvalue weighted by atomic mass is 9.97. The van der Waals surface area contributed by atoms with Crippen LogP contribution in [0.5, 0.6) is 5.88 Å². The van der Waals surface area contributed by atoms with E-state index < -0.39 is 0 Å². The Bertz CT molecular complexity index is 497. The molecule has 2 heterocycles. The summed E-state index contributed by atoms with van der Waals surface area (Å²) < 4.78 is 12.6. The van der Waals surface area contributed by atoms with E-state index in [1.165, 1.54) is 0 Å². The molecule has 0 radical (unpaired) electrons. The van der Waals surface area contributed by atoms with Crippen LogP contribution in [-0.4, -0.2) is 12.1 Å². The number of fused-ring (bicyclic) bond motifs is 1. The van der Waals surface area contributed by atoms with Gasteiger partial charge in [0, 0.05) is 6.07 Å². The minimum Gasteiger partial charge on any atom is -0.460 e. The first kappa shape index (κ1) is 10.9. The lowest BCUT2D eigenvalue weighted by molar-refractivity contribution is -0.686. The van der Waals surface area contributed by atoms with E-state index in [2.05, 4.69) is 30.3 Å². The molecule has 0 fully saturated rings. The summed E-state index contributed by atoms with van der Waals surface area (Å²) in [4.78, 5) is 4.23. The lowest BCUT2D eigenvalue weighted by Crippen LogP contribution is -2.40. The van der Waals surface area contributed by atoms with Crippen LogP contribution in [0, 0.1) is 5.41 Å². The second-order valence-corrected chi connectivity index (χ2v) is 5.08. The number of hydrogen-bond acceptors (Lipinski definition) is 3. The van der Waals surface area contributed by atoms with E-state index >= 15 is 0 Å². The van der Waals surface area contributed by atoms with Crippen LogP contribution in [-0.2, 0) is 6.54 Å². The molecular weight excluding hydrogens is 204 g/mol. The third kappa shape index (κ3) is 2.01. The van der Waals surface area contributed by atoms with E-state index in [0.29, 0.717) is 11.5 Å². The van der Waals surface area contributed by atoms with E-state index in [-0.39, 0.29) is 5.41 Å². The van der Waals surface area contributed by atoms with Gasteiger partial charge in [-0.25, -0.2) is 4.57 Å². The molecule has 0 saturated heterocycles. The van der Waals surface area contributed by atoms with E-state index in [4.69, 9.17) is 9.15 Å². The molecule has 0 aliphatic carbocycles. The highest BCUT2D eigenvalue weighted by Gasteiger charge is 2.21. The molecule has 2 aromatic rings. The van der Waals surface area contributed by atoms with Crippen LogP contribution in [0.4, 0.5) is 0 Å². The zero-order valence-corrected chi connectivity index (χ0v) is 10.2. The molecule has 0 saturated carbocycles. The summed E-state index contributed by atoms with van der Waals surface area (Å²) in [6.45, 7) is 7.46.